The average molecular weight is 520 g/mol. The van der Waals surface area contributed by atoms with E-state index in [4.69, 9.17) is 11.5 Å². The van der Waals surface area contributed by atoms with E-state index < -0.39 is 76.3 Å². The van der Waals surface area contributed by atoms with Gasteiger partial charge in [0, 0.05) is 6.07 Å². The highest BCUT2D eigenvalue weighted by molar-refractivity contribution is 5.78. The summed E-state index contributed by atoms with van der Waals surface area (Å²) in [5.74, 6) is -5.23. The van der Waals surface area contributed by atoms with Crippen molar-refractivity contribution in [2.75, 3.05) is 16.8 Å². The van der Waals surface area contributed by atoms with Crippen LogP contribution < -0.4 is 22.3 Å². The molecular weight excluding hydrogens is 506 g/mol. The molecule has 1 atom stereocenters. The van der Waals surface area contributed by atoms with Crippen molar-refractivity contribution in [3.05, 3.63) is 75.6 Å². The van der Waals surface area contributed by atoms with Gasteiger partial charge >= 0.3 is 6.18 Å². The number of hydrogen-bond donors (Lipinski definition) is 3. The van der Waals surface area contributed by atoms with E-state index >= 15 is 0 Å². The molecule has 0 saturated carbocycles. The van der Waals surface area contributed by atoms with Gasteiger partial charge in [0.2, 0.25) is 5.95 Å². The van der Waals surface area contributed by atoms with E-state index in [1.807, 2.05) is 0 Å². The Kier molecular flexibility index (Phi) is 6.34. The van der Waals surface area contributed by atoms with E-state index in [9.17, 15) is 36.4 Å². The predicted octanol–water partition coefficient (Wildman–Crippen LogP) is 3.73. The van der Waals surface area contributed by atoms with Crippen LogP contribution in [0.3, 0.4) is 0 Å². The maximum atomic E-state index is 14.0. The van der Waals surface area contributed by atoms with E-state index in [1.165, 1.54) is 0 Å². The number of anilines is 3. The van der Waals surface area contributed by atoms with Gasteiger partial charge in [-0.15, -0.1) is 0 Å². The van der Waals surface area contributed by atoms with Crippen LogP contribution in [0.1, 0.15) is 23.9 Å². The molecule has 2 heterocycles. The normalized spacial score (nSPS) is 12.4. The van der Waals surface area contributed by atoms with Gasteiger partial charge in [-0.2, -0.15) is 28.4 Å². The molecule has 0 amide bonds. The molecule has 0 radical (unpaired) electrons. The molecule has 0 saturated heterocycles. The molecule has 4 aromatic rings. The third-order valence-corrected chi connectivity index (χ3v) is 5.09. The van der Waals surface area contributed by atoms with Crippen LogP contribution in [0.5, 0.6) is 0 Å². The summed E-state index contributed by atoms with van der Waals surface area (Å²) in [5, 5.41) is 11.4. The summed E-state index contributed by atoms with van der Waals surface area (Å²) in [6.07, 6.45) is -6.58. The lowest BCUT2D eigenvalue weighted by Crippen LogP contribution is -2.31. The van der Waals surface area contributed by atoms with Crippen LogP contribution in [-0.2, 0) is 0 Å². The number of hydrogen-bond acceptors (Lipinski definition) is 8. The third-order valence-electron chi connectivity index (χ3n) is 5.09. The van der Waals surface area contributed by atoms with Gasteiger partial charge in [0.05, 0.1) is 29.1 Å². The Balaban J connectivity index is 2.05. The zero-order valence-corrected chi connectivity index (χ0v) is 18.3. The van der Waals surface area contributed by atoms with Crippen LogP contribution in [0.15, 0.2) is 41.2 Å². The molecule has 0 fully saturated rings. The average Bonchev–Trinajstić information content (AvgIpc) is 2.77. The lowest BCUT2D eigenvalue weighted by atomic mass is 10.1. The minimum absolute atomic E-state index is 0.203. The first-order valence-corrected chi connectivity index (χ1v) is 10.2. The standard InChI is InChI=1S/C22H14F6N8O/c23-9-1-2-15-13(6-9)20(37)36(12-4-10(24)3-11(25)5-12)19(33-15)16(7-22(26,27)28)32-18-14(8-29)17(30)34-21(31)35-18/h1-6,16H,7H2,(H5,30,31,32,34,35). The Morgan fingerprint density at radius 1 is 1.00 bits per heavy atom. The molecule has 5 N–H and O–H groups in total. The van der Waals surface area contributed by atoms with E-state index in [-0.39, 0.29) is 10.9 Å². The Morgan fingerprint density at radius 3 is 2.30 bits per heavy atom. The predicted molar refractivity (Wildman–Crippen MR) is 120 cm³/mol. The molecule has 1 unspecified atom stereocenters. The monoisotopic (exact) mass is 520 g/mol. The van der Waals surface area contributed by atoms with Crippen LogP contribution in [0.25, 0.3) is 16.6 Å². The number of halogens is 6. The maximum absolute atomic E-state index is 14.0. The largest absolute Gasteiger partial charge is 0.391 e. The van der Waals surface area contributed by atoms with Crippen LogP contribution in [-0.4, -0.2) is 25.7 Å². The van der Waals surface area contributed by atoms with Crippen molar-refractivity contribution < 1.29 is 26.3 Å². The SMILES string of the molecule is N#Cc1c(N)nc(N)nc1NC(CC(F)(F)F)c1nc2ccc(F)cc2c(=O)n1-c1cc(F)cc(F)c1. The number of nitrogens with one attached hydrogen (secondary N) is 1. The van der Waals surface area contributed by atoms with Crippen LogP contribution in [0.4, 0.5) is 43.9 Å². The number of nitriles is 1. The molecule has 0 aliphatic heterocycles. The molecule has 190 valence electrons. The number of fused-ring (bicyclic) bond motifs is 1. The quantitative estimate of drug-likeness (QED) is 0.337. The zero-order chi connectivity index (χ0) is 27.1. The van der Waals surface area contributed by atoms with Gasteiger partial charge in [-0.25, -0.2) is 18.2 Å². The summed E-state index contributed by atoms with van der Waals surface area (Å²) in [6, 6.07) is 4.29. The molecule has 37 heavy (non-hydrogen) atoms. The molecule has 15 heteroatoms. The van der Waals surface area contributed by atoms with Crippen molar-refractivity contribution in [1.82, 2.24) is 19.5 Å². The number of nitrogens with two attached hydrogens (primary N) is 2. The maximum Gasteiger partial charge on any atom is 0.391 e. The van der Waals surface area contributed by atoms with E-state index in [1.54, 1.807) is 6.07 Å². The second-order valence-electron chi connectivity index (χ2n) is 7.72. The van der Waals surface area contributed by atoms with Crippen molar-refractivity contribution >= 4 is 28.5 Å². The van der Waals surface area contributed by atoms with Gasteiger partial charge in [-0.3, -0.25) is 9.36 Å². The van der Waals surface area contributed by atoms with Crippen molar-refractivity contribution in [1.29, 1.82) is 5.26 Å². The molecule has 0 bridgehead atoms. The minimum atomic E-state index is -4.89. The fourth-order valence-electron chi connectivity index (χ4n) is 3.64. The third kappa shape index (κ3) is 5.22. The van der Waals surface area contributed by atoms with Crippen LogP contribution >= 0.6 is 0 Å². The zero-order valence-electron chi connectivity index (χ0n) is 18.3. The van der Waals surface area contributed by atoms with E-state index in [0.29, 0.717) is 22.8 Å². The summed E-state index contributed by atoms with van der Waals surface area (Å²) in [7, 11) is 0. The Morgan fingerprint density at radius 2 is 1.68 bits per heavy atom. The van der Waals surface area contributed by atoms with E-state index in [0.717, 1.165) is 18.2 Å². The number of nitrogens with zero attached hydrogens (tertiary/aromatic N) is 5. The number of benzene rings is 2. The lowest BCUT2D eigenvalue weighted by Gasteiger charge is -2.24. The number of rotatable bonds is 5. The topological polar surface area (TPSA) is 149 Å². The van der Waals surface area contributed by atoms with Gasteiger partial charge in [0.25, 0.3) is 5.56 Å². The first-order valence-electron chi connectivity index (χ1n) is 10.2. The summed E-state index contributed by atoms with van der Waals surface area (Å²) in [4.78, 5) is 24.8. The second kappa shape index (κ2) is 9.30. The van der Waals surface area contributed by atoms with Crippen molar-refractivity contribution in [3.8, 4) is 11.8 Å². The Hall–Kier alpha value is -4.87. The number of alkyl halides is 3. The van der Waals surface area contributed by atoms with Gasteiger partial charge in [0.15, 0.2) is 5.82 Å². The number of nitrogen functional groups attached to an aromatic ring is 2. The Labute approximate surface area is 203 Å². The fourth-order valence-corrected chi connectivity index (χ4v) is 3.64. The lowest BCUT2D eigenvalue weighted by molar-refractivity contribution is -0.137. The summed E-state index contributed by atoms with van der Waals surface area (Å²) in [6.45, 7) is 0. The van der Waals surface area contributed by atoms with Crippen LogP contribution in [0, 0.1) is 28.8 Å². The van der Waals surface area contributed by atoms with Gasteiger partial charge in [-0.1, -0.05) is 0 Å². The first kappa shape index (κ1) is 25.2. The van der Waals surface area contributed by atoms with Crippen molar-refractivity contribution in [3.63, 3.8) is 0 Å². The number of aromatic nitrogens is 4. The molecular formula is C22H14F6N8O. The van der Waals surface area contributed by atoms with E-state index in [2.05, 4.69) is 20.3 Å². The van der Waals surface area contributed by atoms with Gasteiger partial charge < -0.3 is 16.8 Å². The second-order valence-corrected chi connectivity index (χ2v) is 7.72. The summed E-state index contributed by atoms with van der Waals surface area (Å²) >= 11 is 0. The highest BCUT2D eigenvalue weighted by atomic mass is 19.4. The van der Waals surface area contributed by atoms with Crippen LogP contribution in [0.2, 0.25) is 0 Å². The summed E-state index contributed by atoms with van der Waals surface area (Å²) in [5.41, 5.74) is 8.88. The summed E-state index contributed by atoms with van der Waals surface area (Å²) < 4.78 is 83.6. The fraction of sp³-hybridized carbons (Fsp3) is 0.136. The highest BCUT2D eigenvalue weighted by Crippen LogP contribution is 2.34. The first-order chi connectivity index (χ1) is 17.4. The Bertz CT molecular complexity index is 1610. The molecule has 2 aromatic carbocycles. The molecule has 4 rings (SSSR count). The molecule has 0 aliphatic rings. The van der Waals surface area contributed by atoms with Gasteiger partial charge in [0.1, 0.15) is 40.7 Å². The minimum Gasteiger partial charge on any atom is -0.382 e. The molecule has 2 aromatic heterocycles. The molecule has 0 aliphatic carbocycles. The molecule has 0 spiro atoms. The van der Waals surface area contributed by atoms with Crippen molar-refractivity contribution in [2.45, 2.75) is 18.6 Å². The van der Waals surface area contributed by atoms with Crippen molar-refractivity contribution in [2.24, 2.45) is 0 Å². The van der Waals surface area contributed by atoms with Gasteiger partial charge in [-0.05, 0) is 30.3 Å². The smallest absolute Gasteiger partial charge is 0.382 e. The highest BCUT2D eigenvalue weighted by Gasteiger charge is 2.36. The molecule has 9 nitrogen and oxygen atoms in total.